The lowest BCUT2D eigenvalue weighted by Gasteiger charge is -2.12. The van der Waals surface area contributed by atoms with Crippen LogP contribution in [0.4, 0.5) is 0 Å². The van der Waals surface area contributed by atoms with Crippen LogP contribution in [-0.4, -0.2) is 30.2 Å². The van der Waals surface area contributed by atoms with Crippen LogP contribution in [0.2, 0.25) is 0 Å². The number of nitrogens with zero attached hydrogens (tertiary/aromatic N) is 1. The molecule has 0 fully saturated rings. The first-order valence-electron chi connectivity index (χ1n) is 4.07. The summed E-state index contributed by atoms with van der Waals surface area (Å²) in [5.41, 5.74) is 0. The zero-order valence-electron chi connectivity index (χ0n) is 7.58. The van der Waals surface area contributed by atoms with Crippen LogP contribution in [0.1, 0.15) is 9.75 Å². The highest BCUT2D eigenvalue weighted by Gasteiger charge is 2.00. The van der Waals surface area contributed by atoms with Crippen LogP contribution in [0, 0.1) is 6.92 Å². The van der Waals surface area contributed by atoms with Gasteiger partial charge in [-0.25, -0.2) is 0 Å². The average Bonchev–Trinajstić information content (AvgIpc) is 2.36. The minimum absolute atomic E-state index is 0.237. The van der Waals surface area contributed by atoms with Crippen LogP contribution in [0.15, 0.2) is 12.1 Å². The molecule has 0 amide bonds. The van der Waals surface area contributed by atoms with Crippen LogP contribution in [0.25, 0.3) is 0 Å². The van der Waals surface area contributed by atoms with Crippen molar-refractivity contribution in [2.75, 3.05) is 20.2 Å². The maximum atomic E-state index is 8.68. The Morgan fingerprint density at radius 1 is 1.50 bits per heavy atom. The van der Waals surface area contributed by atoms with Crippen molar-refractivity contribution in [3.8, 4) is 0 Å². The Hall–Kier alpha value is -0.380. The highest BCUT2D eigenvalue weighted by Crippen LogP contribution is 2.16. The van der Waals surface area contributed by atoms with Crippen LogP contribution < -0.4 is 0 Å². The molecule has 0 aliphatic carbocycles. The lowest BCUT2D eigenvalue weighted by molar-refractivity contribution is 0.218. The van der Waals surface area contributed by atoms with Gasteiger partial charge in [0, 0.05) is 22.8 Å². The van der Waals surface area contributed by atoms with Gasteiger partial charge < -0.3 is 5.11 Å². The first-order chi connectivity index (χ1) is 5.72. The molecule has 1 aromatic heterocycles. The summed E-state index contributed by atoms with van der Waals surface area (Å²) < 4.78 is 0. The number of hydrogen-bond acceptors (Lipinski definition) is 3. The lowest BCUT2D eigenvalue weighted by atomic mass is 10.4. The summed E-state index contributed by atoms with van der Waals surface area (Å²) in [6.45, 7) is 4.04. The molecule has 2 nitrogen and oxygen atoms in total. The Kier molecular flexibility index (Phi) is 3.72. The van der Waals surface area contributed by atoms with E-state index in [9.17, 15) is 0 Å². The van der Waals surface area contributed by atoms with Gasteiger partial charge in [-0.3, -0.25) is 4.90 Å². The minimum Gasteiger partial charge on any atom is -0.395 e. The lowest BCUT2D eigenvalue weighted by Crippen LogP contribution is -2.20. The maximum absolute atomic E-state index is 8.68. The van der Waals surface area contributed by atoms with Crippen molar-refractivity contribution in [1.82, 2.24) is 4.90 Å². The van der Waals surface area contributed by atoms with Gasteiger partial charge in [-0.2, -0.15) is 0 Å². The maximum Gasteiger partial charge on any atom is 0.0558 e. The zero-order chi connectivity index (χ0) is 8.97. The van der Waals surface area contributed by atoms with Gasteiger partial charge in [0.1, 0.15) is 0 Å². The molecule has 1 aromatic rings. The molecule has 1 N–H and O–H groups in total. The van der Waals surface area contributed by atoms with Crippen molar-refractivity contribution in [3.05, 3.63) is 21.9 Å². The van der Waals surface area contributed by atoms with Crippen LogP contribution >= 0.6 is 11.3 Å². The molecule has 0 spiro atoms. The third-order valence-corrected chi connectivity index (χ3v) is 2.69. The Bertz CT molecular complexity index is 234. The van der Waals surface area contributed by atoms with E-state index in [4.69, 9.17) is 5.11 Å². The number of aliphatic hydroxyl groups excluding tert-OH is 1. The van der Waals surface area contributed by atoms with E-state index in [2.05, 4.69) is 24.0 Å². The number of aryl methyl sites for hydroxylation is 1. The van der Waals surface area contributed by atoms with E-state index in [1.54, 1.807) is 0 Å². The molecular formula is C9H15NOS. The summed E-state index contributed by atoms with van der Waals surface area (Å²) in [7, 11) is 2.02. The third-order valence-electron chi connectivity index (χ3n) is 1.70. The van der Waals surface area contributed by atoms with Crippen LogP contribution in [0.3, 0.4) is 0 Å². The zero-order valence-corrected chi connectivity index (χ0v) is 8.40. The van der Waals surface area contributed by atoms with Gasteiger partial charge in [0.15, 0.2) is 0 Å². The fourth-order valence-electron chi connectivity index (χ4n) is 1.09. The molecule has 0 bridgehead atoms. The number of likely N-dealkylation sites (N-methyl/N-ethyl adjacent to an activating group) is 1. The molecule has 1 rings (SSSR count). The molecule has 0 saturated carbocycles. The average molecular weight is 185 g/mol. The van der Waals surface area contributed by atoms with Crippen molar-refractivity contribution in [2.24, 2.45) is 0 Å². The molecular weight excluding hydrogens is 170 g/mol. The van der Waals surface area contributed by atoms with Crippen molar-refractivity contribution in [3.63, 3.8) is 0 Å². The summed E-state index contributed by atoms with van der Waals surface area (Å²) in [5.74, 6) is 0. The predicted molar refractivity (Wildman–Crippen MR) is 52.5 cm³/mol. The van der Waals surface area contributed by atoms with Gasteiger partial charge in [0.25, 0.3) is 0 Å². The largest absolute Gasteiger partial charge is 0.395 e. The highest BCUT2D eigenvalue weighted by molar-refractivity contribution is 7.11. The van der Waals surface area contributed by atoms with Crippen molar-refractivity contribution < 1.29 is 5.11 Å². The smallest absolute Gasteiger partial charge is 0.0558 e. The summed E-state index contributed by atoms with van der Waals surface area (Å²) in [5, 5.41) is 8.68. The molecule has 0 unspecified atom stereocenters. The van der Waals surface area contributed by atoms with Gasteiger partial charge in [0.05, 0.1) is 6.61 Å². The number of thiophene rings is 1. The van der Waals surface area contributed by atoms with E-state index in [1.807, 2.05) is 18.4 Å². The quantitative estimate of drug-likeness (QED) is 0.768. The van der Waals surface area contributed by atoms with Gasteiger partial charge in [-0.15, -0.1) is 11.3 Å². The standard InChI is InChI=1S/C9H15NOS/c1-8-3-4-9(12-8)7-10(2)5-6-11/h3-4,11H,5-7H2,1-2H3. The summed E-state index contributed by atoms with van der Waals surface area (Å²) >= 11 is 1.82. The SMILES string of the molecule is Cc1ccc(CN(C)CCO)s1. The molecule has 0 aromatic carbocycles. The van der Waals surface area contributed by atoms with Crippen LogP contribution in [-0.2, 0) is 6.54 Å². The molecule has 12 heavy (non-hydrogen) atoms. The summed E-state index contributed by atoms with van der Waals surface area (Å²) in [4.78, 5) is 4.83. The molecule has 68 valence electrons. The fraction of sp³-hybridized carbons (Fsp3) is 0.556. The topological polar surface area (TPSA) is 23.5 Å². The van der Waals surface area contributed by atoms with Gasteiger partial charge >= 0.3 is 0 Å². The Balaban J connectivity index is 2.41. The molecule has 0 aliphatic rings. The Morgan fingerprint density at radius 3 is 2.75 bits per heavy atom. The number of aliphatic hydroxyl groups is 1. The Labute approximate surface area is 77.5 Å². The fourth-order valence-corrected chi connectivity index (χ4v) is 2.06. The molecule has 3 heteroatoms. The molecule has 0 radical (unpaired) electrons. The minimum atomic E-state index is 0.237. The van der Waals surface area contributed by atoms with E-state index < -0.39 is 0 Å². The van der Waals surface area contributed by atoms with Gasteiger partial charge in [-0.1, -0.05) is 0 Å². The predicted octanol–water partition coefficient (Wildman–Crippen LogP) is 1.48. The Morgan fingerprint density at radius 2 is 2.25 bits per heavy atom. The number of rotatable bonds is 4. The van der Waals surface area contributed by atoms with Crippen molar-refractivity contribution in [1.29, 1.82) is 0 Å². The van der Waals surface area contributed by atoms with E-state index in [0.29, 0.717) is 0 Å². The van der Waals surface area contributed by atoms with E-state index in [1.165, 1.54) is 9.75 Å². The summed E-state index contributed by atoms with van der Waals surface area (Å²) in [6, 6.07) is 4.28. The second-order valence-corrected chi connectivity index (χ2v) is 4.35. The van der Waals surface area contributed by atoms with E-state index in [-0.39, 0.29) is 6.61 Å². The van der Waals surface area contributed by atoms with Crippen LogP contribution in [0.5, 0.6) is 0 Å². The van der Waals surface area contributed by atoms with E-state index in [0.717, 1.165) is 13.1 Å². The third kappa shape index (κ3) is 2.93. The van der Waals surface area contributed by atoms with E-state index >= 15 is 0 Å². The first-order valence-corrected chi connectivity index (χ1v) is 4.88. The second kappa shape index (κ2) is 4.60. The molecule has 0 aliphatic heterocycles. The second-order valence-electron chi connectivity index (χ2n) is 2.97. The molecule has 1 heterocycles. The highest BCUT2D eigenvalue weighted by atomic mass is 32.1. The summed E-state index contributed by atoms with van der Waals surface area (Å²) in [6.07, 6.45) is 0. The van der Waals surface area contributed by atoms with Crippen molar-refractivity contribution in [2.45, 2.75) is 13.5 Å². The monoisotopic (exact) mass is 185 g/mol. The molecule has 0 atom stereocenters. The van der Waals surface area contributed by atoms with Crippen molar-refractivity contribution >= 4 is 11.3 Å². The molecule has 0 saturated heterocycles. The normalized spacial score (nSPS) is 11.0. The van der Waals surface area contributed by atoms with Gasteiger partial charge in [0.2, 0.25) is 0 Å². The number of hydrogen-bond donors (Lipinski definition) is 1. The first kappa shape index (κ1) is 9.71. The van der Waals surface area contributed by atoms with Gasteiger partial charge in [-0.05, 0) is 26.1 Å².